The molecule has 2 aliphatic heterocycles. The van der Waals surface area contributed by atoms with E-state index < -0.39 is 35.3 Å². The molecule has 0 amide bonds. The molecule has 0 spiro atoms. The minimum Gasteiger partial charge on any atom is -0.446 e. The van der Waals surface area contributed by atoms with Crippen LogP contribution in [0.3, 0.4) is 0 Å². The summed E-state index contributed by atoms with van der Waals surface area (Å²) in [7, 11) is 1.46. The first-order valence-electron chi connectivity index (χ1n) is 6.29. The second-order valence-corrected chi connectivity index (χ2v) is 5.10. The molecular formula is C12H11N3O6S. The number of nitrogens with one attached hydrogen (secondary N) is 1. The molecule has 4 atom stereocenters. The van der Waals surface area contributed by atoms with Crippen LogP contribution in [0.2, 0.25) is 0 Å². The monoisotopic (exact) mass is 325 g/mol. The summed E-state index contributed by atoms with van der Waals surface area (Å²) in [6.07, 6.45) is -1.13. The van der Waals surface area contributed by atoms with Crippen LogP contribution in [0.5, 0.6) is 0 Å². The van der Waals surface area contributed by atoms with Crippen molar-refractivity contribution in [2.75, 3.05) is 13.7 Å². The van der Waals surface area contributed by atoms with Gasteiger partial charge in [-0.1, -0.05) is 0 Å². The van der Waals surface area contributed by atoms with Crippen LogP contribution in [0, 0.1) is 11.3 Å². The predicted octanol–water partition coefficient (Wildman–Crippen LogP) is -1.17. The first-order valence-corrected chi connectivity index (χ1v) is 6.70. The highest BCUT2D eigenvalue weighted by atomic mass is 32.1. The van der Waals surface area contributed by atoms with Crippen LogP contribution in [-0.2, 0) is 24.7 Å². The predicted molar refractivity (Wildman–Crippen MR) is 74.0 cm³/mol. The summed E-state index contributed by atoms with van der Waals surface area (Å²) in [4.78, 5) is 25.3. The molecule has 0 radical (unpaired) electrons. The van der Waals surface area contributed by atoms with Gasteiger partial charge in [0.2, 0.25) is 6.10 Å². The highest BCUT2D eigenvalue weighted by molar-refractivity contribution is 7.79. The Balaban J connectivity index is 2.12. The smallest absolute Gasteiger partial charge is 0.353 e. The number of methoxy groups -OCH3 is 1. The summed E-state index contributed by atoms with van der Waals surface area (Å²) in [5.41, 5.74) is -3.20. The maximum Gasteiger partial charge on any atom is 0.353 e. The molecule has 0 saturated carbocycles. The first kappa shape index (κ1) is 14.7. The van der Waals surface area contributed by atoms with Crippen molar-refractivity contribution in [2.45, 2.75) is 24.0 Å². The Morgan fingerprint density at radius 1 is 1.55 bits per heavy atom. The van der Waals surface area contributed by atoms with Crippen molar-refractivity contribution in [1.29, 1.82) is 5.26 Å². The van der Waals surface area contributed by atoms with E-state index in [2.05, 4.69) is 4.98 Å². The van der Waals surface area contributed by atoms with Gasteiger partial charge in [0.15, 0.2) is 6.10 Å². The van der Waals surface area contributed by atoms with E-state index in [1.807, 2.05) is 6.07 Å². The molecule has 0 aliphatic carbocycles. The van der Waals surface area contributed by atoms with Crippen LogP contribution < -0.4 is 11.2 Å². The topological polar surface area (TPSA) is 116 Å². The molecule has 9 nitrogen and oxygen atoms in total. The summed E-state index contributed by atoms with van der Waals surface area (Å²) in [6, 6.07) is 3.04. The Hall–Kier alpha value is -2.22. The zero-order chi connectivity index (χ0) is 15.9. The molecule has 1 aromatic rings. The molecular weight excluding hydrogens is 314 g/mol. The van der Waals surface area contributed by atoms with Crippen LogP contribution in [0.1, 0.15) is 0 Å². The van der Waals surface area contributed by atoms with Crippen LogP contribution in [0.25, 0.3) is 0 Å². The number of aromatic amines is 1. The Morgan fingerprint density at radius 3 is 2.95 bits per heavy atom. The number of ether oxygens (including phenoxy) is 4. The standard InChI is InChI=1S/C12H11N3O6S/c1-18-4-6-8-9(20-11(22)19-8)12(5-13,21-6)15-3-2-7(16)14-10(15)17/h2-3,6,8-9H,4H2,1H3,(H,14,16,17)/t6-,8-,9-,12-/m1/s1. The quantitative estimate of drug-likeness (QED) is 0.691. The minimum absolute atomic E-state index is 0.120. The second kappa shape index (κ2) is 5.20. The fourth-order valence-electron chi connectivity index (χ4n) is 2.62. The van der Waals surface area contributed by atoms with Crippen LogP contribution in [0.15, 0.2) is 21.9 Å². The number of hydrogen-bond donors (Lipinski definition) is 1. The lowest BCUT2D eigenvalue weighted by Gasteiger charge is -2.26. The van der Waals surface area contributed by atoms with Crippen molar-refractivity contribution in [2.24, 2.45) is 0 Å². The molecule has 2 aliphatic rings. The highest BCUT2D eigenvalue weighted by Crippen LogP contribution is 2.41. The maximum atomic E-state index is 12.0. The van der Waals surface area contributed by atoms with Crippen molar-refractivity contribution in [3.63, 3.8) is 0 Å². The van der Waals surface area contributed by atoms with Crippen LogP contribution in [0.4, 0.5) is 0 Å². The van der Waals surface area contributed by atoms with E-state index in [1.54, 1.807) is 0 Å². The van der Waals surface area contributed by atoms with Gasteiger partial charge in [0.1, 0.15) is 12.2 Å². The van der Waals surface area contributed by atoms with E-state index in [0.717, 1.165) is 10.6 Å². The lowest BCUT2D eigenvalue weighted by molar-refractivity contribution is -0.116. The third-order valence-corrected chi connectivity index (χ3v) is 3.70. The number of fused-ring (bicyclic) bond motifs is 1. The Morgan fingerprint density at radius 2 is 2.32 bits per heavy atom. The van der Waals surface area contributed by atoms with E-state index in [1.165, 1.54) is 13.3 Å². The maximum absolute atomic E-state index is 12.0. The lowest BCUT2D eigenvalue weighted by atomic mass is 10.0. The van der Waals surface area contributed by atoms with Gasteiger partial charge in [0.05, 0.1) is 6.61 Å². The van der Waals surface area contributed by atoms with Crippen molar-refractivity contribution < 1.29 is 18.9 Å². The van der Waals surface area contributed by atoms with E-state index in [9.17, 15) is 14.9 Å². The molecule has 1 N–H and O–H groups in total. The molecule has 1 aromatic heterocycles. The van der Waals surface area contributed by atoms with Gasteiger partial charge in [-0.2, -0.15) is 5.26 Å². The van der Waals surface area contributed by atoms with E-state index in [0.29, 0.717) is 0 Å². The van der Waals surface area contributed by atoms with E-state index in [-0.39, 0.29) is 11.8 Å². The van der Waals surface area contributed by atoms with Crippen molar-refractivity contribution in [1.82, 2.24) is 9.55 Å². The molecule has 3 heterocycles. The first-order chi connectivity index (χ1) is 10.5. The number of aromatic nitrogens is 2. The average molecular weight is 325 g/mol. The van der Waals surface area contributed by atoms with Gasteiger partial charge in [-0.25, -0.2) is 4.79 Å². The summed E-state index contributed by atoms with van der Waals surface area (Å²) < 4.78 is 22.4. The van der Waals surface area contributed by atoms with Crippen LogP contribution >= 0.6 is 12.2 Å². The summed E-state index contributed by atoms with van der Waals surface area (Å²) in [5, 5.41) is 9.51. The fourth-order valence-corrected chi connectivity index (χ4v) is 2.83. The van der Waals surface area contributed by atoms with Gasteiger partial charge in [-0.15, -0.1) is 0 Å². The molecule has 2 fully saturated rings. The van der Waals surface area contributed by atoms with Crippen molar-refractivity contribution in [3.05, 3.63) is 33.1 Å². The largest absolute Gasteiger partial charge is 0.446 e. The number of rotatable bonds is 3. The van der Waals surface area contributed by atoms with Gasteiger partial charge < -0.3 is 18.9 Å². The van der Waals surface area contributed by atoms with E-state index >= 15 is 0 Å². The molecule has 0 unspecified atom stereocenters. The third kappa shape index (κ3) is 2.02. The SMILES string of the molecule is COC[C@H]1O[C@@](C#N)(n2ccc(=O)[nH]c2=O)[C@@H]2OC(=S)O[C@@H]21. The zero-order valence-electron chi connectivity index (χ0n) is 11.3. The van der Waals surface area contributed by atoms with Gasteiger partial charge in [0, 0.05) is 31.6 Å². The molecule has 10 heteroatoms. The fraction of sp³-hybridized carbons (Fsp3) is 0.500. The van der Waals surface area contributed by atoms with Gasteiger partial charge in [-0.3, -0.25) is 14.3 Å². The lowest BCUT2D eigenvalue weighted by Crippen LogP contribution is -2.50. The number of hydrogen-bond acceptors (Lipinski definition) is 8. The molecule has 2 saturated heterocycles. The molecule has 22 heavy (non-hydrogen) atoms. The number of thiocarbonyl (C=S) groups is 1. The number of H-pyrrole nitrogens is 1. The van der Waals surface area contributed by atoms with Gasteiger partial charge >= 0.3 is 10.9 Å². The third-order valence-electron chi connectivity index (χ3n) is 3.51. The Kier molecular flexibility index (Phi) is 3.48. The van der Waals surface area contributed by atoms with Gasteiger partial charge in [0.25, 0.3) is 11.3 Å². The minimum atomic E-state index is -1.81. The normalized spacial score (nSPS) is 32.9. The molecule has 3 rings (SSSR count). The molecule has 0 bridgehead atoms. The van der Waals surface area contributed by atoms with Crippen molar-refractivity contribution >= 4 is 17.5 Å². The molecule has 0 aromatic carbocycles. The second-order valence-electron chi connectivity index (χ2n) is 4.77. The summed E-state index contributed by atoms with van der Waals surface area (Å²) >= 11 is 4.87. The summed E-state index contributed by atoms with van der Waals surface area (Å²) in [6.45, 7) is 0.120. The molecule has 116 valence electrons. The highest BCUT2D eigenvalue weighted by Gasteiger charge is 2.64. The Bertz CT molecular complexity index is 767. The number of nitriles is 1. The van der Waals surface area contributed by atoms with Crippen molar-refractivity contribution in [3.8, 4) is 6.07 Å². The van der Waals surface area contributed by atoms with Crippen LogP contribution in [-0.4, -0.2) is 46.8 Å². The Labute approximate surface area is 129 Å². The summed E-state index contributed by atoms with van der Waals surface area (Å²) in [5.74, 6) is 0. The zero-order valence-corrected chi connectivity index (χ0v) is 12.2. The average Bonchev–Trinajstić information content (AvgIpc) is 2.98. The van der Waals surface area contributed by atoms with E-state index in [4.69, 9.17) is 31.2 Å². The number of nitrogens with zero attached hydrogens (tertiary/aromatic N) is 2. The van der Waals surface area contributed by atoms with Gasteiger partial charge in [-0.05, 0) is 0 Å².